The van der Waals surface area contributed by atoms with Crippen LogP contribution < -0.4 is 4.90 Å². The van der Waals surface area contributed by atoms with Gasteiger partial charge in [-0.3, -0.25) is 9.59 Å². The molecule has 0 aromatic heterocycles. The first-order valence-corrected chi connectivity index (χ1v) is 6.50. The number of anilines is 1. The van der Waals surface area contributed by atoms with E-state index >= 15 is 0 Å². The van der Waals surface area contributed by atoms with Gasteiger partial charge in [0, 0.05) is 3.57 Å². The highest BCUT2D eigenvalue weighted by atomic mass is 127. The standard InChI is InChI=1S/C14H8INO2/c15-9-6-7-11-12(8-9)14(18)16(13(11)17)10-4-2-1-3-5-10/h1-8H. The summed E-state index contributed by atoms with van der Waals surface area (Å²) in [5.74, 6) is -0.502. The van der Waals surface area contributed by atoms with E-state index in [2.05, 4.69) is 22.6 Å². The highest BCUT2D eigenvalue weighted by Gasteiger charge is 2.36. The predicted molar refractivity (Wildman–Crippen MR) is 76.7 cm³/mol. The van der Waals surface area contributed by atoms with Crippen molar-refractivity contribution in [3.05, 3.63) is 63.2 Å². The van der Waals surface area contributed by atoms with E-state index in [0.717, 1.165) is 3.57 Å². The summed E-state index contributed by atoms with van der Waals surface area (Å²) in [6.45, 7) is 0. The molecule has 0 N–H and O–H groups in total. The zero-order chi connectivity index (χ0) is 12.7. The SMILES string of the molecule is O=C1c2ccc(I)cc2C(=O)N1c1ccccc1. The first-order valence-electron chi connectivity index (χ1n) is 5.42. The van der Waals surface area contributed by atoms with E-state index in [1.165, 1.54) is 4.90 Å². The molecular formula is C14H8INO2. The van der Waals surface area contributed by atoms with Crippen LogP contribution in [0.3, 0.4) is 0 Å². The van der Waals surface area contributed by atoms with E-state index in [9.17, 15) is 9.59 Å². The zero-order valence-electron chi connectivity index (χ0n) is 9.26. The highest BCUT2D eigenvalue weighted by molar-refractivity contribution is 14.1. The first-order chi connectivity index (χ1) is 8.68. The molecule has 3 rings (SSSR count). The molecule has 2 aromatic rings. The molecule has 1 heterocycles. The lowest BCUT2D eigenvalue weighted by Crippen LogP contribution is -2.29. The number of imide groups is 1. The first kappa shape index (κ1) is 11.4. The smallest absolute Gasteiger partial charge is 0.266 e. The Balaban J connectivity index is 2.13. The van der Waals surface area contributed by atoms with E-state index in [4.69, 9.17) is 0 Å². The number of nitrogens with zero attached hydrogens (tertiary/aromatic N) is 1. The van der Waals surface area contributed by atoms with E-state index in [-0.39, 0.29) is 11.8 Å². The summed E-state index contributed by atoms with van der Waals surface area (Å²) >= 11 is 2.13. The summed E-state index contributed by atoms with van der Waals surface area (Å²) in [6, 6.07) is 14.3. The van der Waals surface area contributed by atoms with E-state index in [1.54, 1.807) is 24.3 Å². The second-order valence-electron chi connectivity index (χ2n) is 3.97. The van der Waals surface area contributed by atoms with Crippen molar-refractivity contribution >= 4 is 40.1 Å². The molecule has 1 aliphatic rings. The van der Waals surface area contributed by atoms with E-state index < -0.39 is 0 Å². The van der Waals surface area contributed by atoms with Crippen LogP contribution >= 0.6 is 22.6 Å². The lowest BCUT2D eigenvalue weighted by molar-refractivity contribution is 0.0926. The van der Waals surface area contributed by atoms with Crippen LogP contribution in [0.5, 0.6) is 0 Å². The minimum Gasteiger partial charge on any atom is -0.268 e. The third kappa shape index (κ3) is 1.64. The average molecular weight is 349 g/mol. The van der Waals surface area contributed by atoms with Crippen molar-refractivity contribution in [3.63, 3.8) is 0 Å². The fourth-order valence-electron chi connectivity index (χ4n) is 2.02. The number of fused-ring (bicyclic) bond motifs is 1. The molecule has 0 atom stereocenters. The molecule has 2 aromatic carbocycles. The monoisotopic (exact) mass is 349 g/mol. The van der Waals surface area contributed by atoms with Crippen molar-refractivity contribution in [2.45, 2.75) is 0 Å². The number of amides is 2. The van der Waals surface area contributed by atoms with Gasteiger partial charge < -0.3 is 0 Å². The Labute approximate surface area is 118 Å². The van der Waals surface area contributed by atoms with Crippen LogP contribution in [-0.4, -0.2) is 11.8 Å². The normalized spacial score (nSPS) is 13.9. The van der Waals surface area contributed by atoms with Crippen molar-refractivity contribution in [1.29, 1.82) is 0 Å². The minimum absolute atomic E-state index is 0.250. The minimum atomic E-state index is -0.252. The van der Waals surface area contributed by atoms with Crippen molar-refractivity contribution in [3.8, 4) is 0 Å². The Bertz CT molecular complexity index is 652. The largest absolute Gasteiger partial charge is 0.268 e. The number of carbonyl (C=O) groups is 2. The van der Waals surface area contributed by atoms with Crippen LogP contribution in [0.4, 0.5) is 5.69 Å². The Kier molecular flexibility index (Phi) is 2.66. The molecule has 0 aliphatic carbocycles. The molecule has 0 fully saturated rings. The third-order valence-corrected chi connectivity index (χ3v) is 3.53. The molecule has 0 radical (unpaired) electrons. The summed E-state index contributed by atoms with van der Waals surface area (Å²) in [6.07, 6.45) is 0. The number of hydrogen-bond acceptors (Lipinski definition) is 2. The molecule has 88 valence electrons. The second kappa shape index (κ2) is 4.20. The summed E-state index contributed by atoms with van der Waals surface area (Å²) < 4.78 is 0.947. The fourth-order valence-corrected chi connectivity index (χ4v) is 2.52. The molecule has 3 nitrogen and oxygen atoms in total. The van der Waals surface area contributed by atoms with Crippen LogP contribution in [0.1, 0.15) is 20.7 Å². The van der Waals surface area contributed by atoms with Gasteiger partial charge in [0.1, 0.15) is 0 Å². The van der Waals surface area contributed by atoms with Crippen LogP contribution in [0, 0.1) is 3.57 Å². The fraction of sp³-hybridized carbons (Fsp3) is 0. The van der Waals surface area contributed by atoms with Gasteiger partial charge >= 0.3 is 0 Å². The van der Waals surface area contributed by atoms with Gasteiger partial charge in [-0.1, -0.05) is 18.2 Å². The predicted octanol–water partition coefficient (Wildman–Crippen LogP) is 3.09. The molecule has 0 saturated heterocycles. The van der Waals surface area contributed by atoms with E-state index in [1.807, 2.05) is 24.3 Å². The van der Waals surface area contributed by atoms with Gasteiger partial charge in [0.25, 0.3) is 11.8 Å². The van der Waals surface area contributed by atoms with Gasteiger partial charge in [-0.15, -0.1) is 0 Å². The Hall–Kier alpha value is -1.69. The van der Waals surface area contributed by atoms with Gasteiger partial charge in [0.2, 0.25) is 0 Å². The van der Waals surface area contributed by atoms with Crippen molar-refractivity contribution < 1.29 is 9.59 Å². The average Bonchev–Trinajstić information content (AvgIpc) is 2.63. The molecule has 18 heavy (non-hydrogen) atoms. The third-order valence-electron chi connectivity index (χ3n) is 2.86. The van der Waals surface area contributed by atoms with Crippen molar-refractivity contribution in [1.82, 2.24) is 0 Å². The van der Waals surface area contributed by atoms with Crippen molar-refractivity contribution in [2.75, 3.05) is 4.90 Å². The maximum absolute atomic E-state index is 12.3. The van der Waals surface area contributed by atoms with Crippen LogP contribution in [0.25, 0.3) is 0 Å². The van der Waals surface area contributed by atoms with Crippen LogP contribution in [0.2, 0.25) is 0 Å². The number of halogens is 1. The lowest BCUT2D eigenvalue weighted by Gasteiger charge is -2.13. The van der Waals surface area contributed by atoms with Gasteiger partial charge in [-0.25, -0.2) is 4.90 Å². The summed E-state index contributed by atoms with van der Waals surface area (Å²) in [5, 5.41) is 0. The Morgan fingerprint density at radius 3 is 2.22 bits per heavy atom. The lowest BCUT2D eigenvalue weighted by atomic mass is 10.1. The topological polar surface area (TPSA) is 37.4 Å². The Morgan fingerprint density at radius 1 is 0.833 bits per heavy atom. The van der Waals surface area contributed by atoms with Crippen molar-refractivity contribution in [2.24, 2.45) is 0 Å². The molecule has 0 bridgehead atoms. The molecule has 2 amide bonds. The molecule has 1 aliphatic heterocycles. The molecule has 0 saturated carbocycles. The summed E-state index contributed by atoms with van der Waals surface area (Å²) in [4.78, 5) is 25.7. The molecule has 0 unspecified atom stereocenters. The maximum atomic E-state index is 12.3. The number of benzene rings is 2. The quantitative estimate of drug-likeness (QED) is 0.586. The van der Waals surface area contributed by atoms with Gasteiger partial charge in [-0.2, -0.15) is 0 Å². The van der Waals surface area contributed by atoms with Crippen LogP contribution in [0.15, 0.2) is 48.5 Å². The number of rotatable bonds is 1. The van der Waals surface area contributed by atoms with E-state index in [0.29, 0.717) is 16.8 Å². The summed E-state index contributed by atoms with van der Waals surface area (Å²) in [7, 11) is 0. The number of carbonyl (C=O) groups excluding carboxylic acids is 2. The number of para-hydroxylation sites is 1. The number of hydrogen-bond donors (Lipinski definition) is 0. The molecular weight excluding hydrogens is 341 g/mol. The molecule has 4 heteroatoms. The van der Waals surface area contributed by atoms with Gasteiger partial charge in [0.15, 0.2) is 0 Å². The van der Waals surface area contributed by atoms with Crippen LogP contribution in [-0.2, 0) is 0 Å². The summed E-state index contributed by atoms with van der Waals surface area (Å²) in [5.41, 5.74) is 1.57. The maximum Gasteiger partial charge on any atom is 0.266 e. The highest BCUT2D eigenvalue weighted by Crippen LogP contribution is 2.28. The Morgan fingerprint density at radius 2 is 1.50 bits per heavy atom. The molecule has 0 spiro atoms. The zero-order valence-corrected chi connectivity index (χ0v) is 11.4. The van der Waals surface area contributed by atoms with Gasteiger partial charge in [0.05, 0.1) is 16.8 Å². The van der Waals surface area contributed by atoms with Gasteiger partial charge in [-0.05, 0) is 52.9 Å². The second-order valence-corrected chi connectivity index (χ2v) is 5.22.